The number of rotatable bonds is 3. The van der Waals surface area contributed by atoms with Gasteiger partial charge in [0, 0.05) is 12.0 Å². The molecule has 72 valence electrons. The van der Waals surface area contributed by atoms with Crippen LogP contribution in [0.5, 0.6) is 0 Å². The third-order valence-electron chi connectivity index (χ3n) is 1.58. The molecule has 4 heteroatoms. The molecule has 0 atom stereocenters. The molecule has 1 aromatic rings. The summed E-state index contributed by atoms with van der Waals surface area (Å²) >= 11 is 1.59. The number of aromatic amines is 1. The van der Waals surface area contributed by atoms with E-state index in [2.05, 4.69) is 9.97 Å². The van der Waals surface area contributed by atoms with Crippen molar-refractivity contribution in [2.24, 2.45) is 0 Å². The van der Waals surface area contributed by atoms with E-state index in [1.165, 1.54) is 0 Å². The Hall–Kier alpha value is -0.770. The summed E-state index contributed by atoms with van der Waals surface area (Å²) in [6.45, 7) is 6.07. The number of thioether (sulfide) groups is 1. The molecular weight excluding hydrogens is 184 g/mol. The van der Waals surface area contributed by atoms with Gasteiger partial charge in [-0.1, -0.05) is 20.8 Å². The maximum Gasteiger partial charge on any atom is 0.251 e. The first-order chi connectivity index (χ1) is 6.13. The number of hydrogen-bond donors (Lipinski definition) is 1. The highest BCUT2D eigenvalue weighted by molar-refractivity contribution is 7.99. The topological polar surface area (TPSA) is 45.8 Å². The highest BCUT2D eigenvalue weighted by Gasteiger charge is 2.04. The smallest absolute Gasteiger partial charge is 0.251 e. The third kappa shape index (κ3) is 2.88. The number of aromatic nitrogens is 2. The lowest BCUT2D eigenvalue weighted by molar-refractivity contribution is 0.744. The van der Waals surface area contributed by atoms with Crippen molar-refractivity contribution in [3.63, 3.8) is 0 Å². The number of hydrogen-bond acceptors (Lipinski definition) is 3. The molecule has 1 aromatic heterocycles. The number of H-pyrrole nitrogens is 1. The zero-order valence-electron chi connectivity index (χ0n) is 8.13. The highest BCUT2D eigenvalue weighted by Crippen LogP contribution is 2.14. The van der Waals surface area contributed by atoms with Gasteiger partial charge >= 0.3 is 0 Å². The SMILES string of the molecule is CCSc1cc(=O)[nH]c(C(C)C)n1. The first kappa shape index (κ1) is 10.3. The molecule has 0 aromatic carbocycles. The summed E-state index contributed by atoms with van der Waals surface area (Å²) in [5, 5.41) is 0.815. The Bertz CT molecular complexity index is 333. The molecule has 1 rings (SSSR count). The van der Waals surface area contributed by atoms with Gasteiger partial charge in [0.25, 0.3) is 5.56 Å². The van der Waals surface area contributed by atoms with Crippen LogP contribution in [0.3, 0.4) is 0 Å². The molecule has 0 aliphatic heterocycles. The Balaban J connectivity index is 3.04. The average molecular weight is 198 g/mol. The van der Waals surface area contributed by atoms with Crippen molar-refractivity contribution in [1.82, 2.24) is 9.97 Å². The number of nitrogens with one attached hydrogen (secondary N) is 1. The molecule has 1 heterocycles. The van der Waals surface area contributed by atoms with Crippen molar-refractivity contribution in [3.8, 4) is 0 Å². The van der Waals surface area contributed by atoms with Gasteiger partial charge in [-0.3, -0.25) is 4.79 Å². The molecule has 0 bridgehead atoms. The van der Waals surface area contributed by atoms with Crippen LogP contribution in [0, 0.1) is 0 Å². The molecule has 0 saturated heterocycles. The maximum absolute atomic E-state index is 11.2. The Labute approximate surface area is 82.0 Å². The van der Waals surface area contributed by atoms with Crippen LogP contribution in [0.15, 0.2) is 15.9 Å². The van der Waals surface area contributed by atoms with Crippen LogP contribution in [0.1, 0.15) is 32.5 Å². The summed E-state index contributed by atoms with van der Waals surface area (Å²) < 4.78 is 0. The average Bonchev–Trinajstić information content (AvgIpc) is 2.03. The van der Waals surface area contributed by atoms with Crippen molar-refractivity contribution in [2.45, 2.75) is 31.7 Å². The summed E-state index contributed by atoms with van der Waals surface area (Å²) in [4.78, 5) is 18.2. The molecule has 0 aliphatic carbocycles. The van der Waals surface area contributed by atoms with E-state index in [4.69, 9.17) is 0 Å². The standard InChI is InChI=1S/C9H14N2OS/c1-4-13-8-5-7(12)10-9(11-8)6(2)3/h5-6H,4H2,1-3H3,(H,10,11,12). The largest absolute Gasteiger partial charge is 0.310 e. The van der Waals surface area contributed by atoms with E-state index in [1.54, 1.807) is 17.8 Å². The molecule has 3 nitrogen and oxygen atoms in total. The summed E-state index contributed by atoms with van der Waals surface area (Å²) in [5.74, 6) is 1.97. The number of nitrogens with zero attached hydrogens (tertiary/aromatic N) is 1. The first-order valence-corrected chi connectivity index (χ1v) is 5.36. The second-order valence-corrected chi connectivity index (χ2v) is 4.34. The van der Waals surface area contributed by atoms with Crippen LogP contribution in [0.25, 0.3) is 0 Å². The van der Waals surface area contributed by atoms with Crippen LogP contribution < -0.4 is 5.56 Å². The predicted molar refractivity (Wildman–Crippen MR) is 55.3 cm³/mol. The Morgan fingerprint density at radius 1 is 1.62 bits per heavy atom. The molecule has 0 unspecified atom stereocenters. The second-order valence-electron chi connectivity index (χ2n) is 3.06. The van der Waals surface area contributed by atoms with Crippen LogP contribution in [-0.4, -0.2) is 15.7 Å². The molecule has 0 amide bonds. The van der Waals surface area contributed by atoms with Crippen LogP contribution >= 0.6 is 11.8 Å². The van der Waals surface area contributed by atoms with Gasteiger partial charge in [0.15, 0.2) is 0 Å². The fourth-order valence-electron chi connectivity index (χ4n) is 0.949. The zero-order valence-corrected chi connectivity index (χ0v) is 8.94. The Morgan fingerprint density at radius 2 is 2.31 bits per heavy atom. The van der Waals surface area contributed by atoms with Gasteiger partial charge in [0.05, 0.1) is 0 Å². The summed E-state index contributed by atoms with van der Waals surface area (Å²) in [6, 6.07) is 1.54. The lowest BCUT2D eigenvalue weighted by atomic mass is 10.2. The lowest BCUT2D eigenvalue weighted by Gasteiger charge is -2.05. The van der Waals surface area contributed by atoms with Crippen LogP contribution in [0.4, 0.5) is 0 Å². The minimum atomic E-state index is -0.0605. The first-order valence-electron chi connectivity index (χ1n) is 4.37. The molecule has 0 fully saturated rings. The highest BCUT2D eigenvalue weighted by atomic mass is 32.2. The molecule has 13 heavy (non-hydrogen) atoms. The van der Waals surface area contributed by atoms with E-state index in [9.17, 15) is 4.79 Å². The second kappa shape index (κ2) is 4.46. The lowest BCUT2D eigenvalue weighted by Crippen LogP contribution is -2.11. The minimum absolute atomic E-state index is 0.0605. The van der Waals surface area contributed by atoms with E-state index < -0.39 is 0 Å². The van der Waals surface area contributed by atoms with Crippen molar-refractivity contribution in [2.75, 3.05) is 5.75 Å². The van der Waals surface area contributed by atoms with Crippen LogP contribution in [-0.2, 0) is 0 Å². The van der Waals surface area contributed by atoms with Gasteiger partial charge in [-0.05, 0) is 5.75 Å². The Morgan fingerprint density at radius 3 is 2.85 bits per heavy atom. The molecule has 1 N–H and O–H groups in total. The Kier molecular flexibility index (Phi) is 3.54. The molecular formula is C9H14N2OS. The minimum Gasteiger partial charge on any atom is -0.310 e. The summed E-state index contributed by atoms with van der Waals surface area (Å²) in [6.07, 6.45) is 0. The monoisotopic (exact) mass is 198 g/mol. The third-order valence-corrected chi connectivity index (χ3v) is 2.37. The van der Waals surface area contributed by atoms with Crippen molar-refractivity contribution in [3.05, 3.63) is 22.2 Å². The van der Waals surface area contributed by atoms with E-state index in [1.807, 2.05) is 20.8 Å². The van der Waals surface area contributed by atoms with Gasteiger partial charge < -0.3 is 4.98 Å². The van der Waals surface area contributed by atoms with Crippen molar-refractivity contribution < 1.29 is 0 Å². The zero-order chi connectivity index (χ0) is 9.84. The quantitative estimate of drug-likeness (QED) is 0.597. The van der Waals surface area contributed by atoms with Gasteiger partial charge in [-0.15, -0.1) is 11.8 Å². The maximum atomic E-state index is 11.2. The molecule has 0 spiro atoms. The molecule has 0 radical (unpaired) electrons. The summed E-state index contributed by atoms with van der Waals surface area (Å²) in [5.41, 5.74) is -0.0605. The van der Waals surface area contributed by atoms with Crippen molar-refractivity contribution in [1.29, 1.82) is 0 Å². The normalized spacial score (nSPS) is 10.8. The van der Waals surface area contributed by atoms with Gasteiger partial charge in [-0.25, -0.2) is 4.98 Å². The fourth-order valence-corrected chi connectivity index (χ4v) is 1.60. The fraction of sp³-hybridized carbons (Fsp3) is 0.556. The van der Waals surface area contributed by atoms with Gasteiger partial charge in [0.1, 0.15) is 10.9 Å². The van der Waals surface area contributed by atoms with Gasteiger partial charge in [0.2, 0.25) is 0 Å². The summed E-state index contributed by atoms with van der Waals surface area (Å²) in [7, 11) is 0. The van der Waals surface area contributed by atoms with Crippen LogP contribution in [0.2, 0.25) is 0 Å². The predicted octanol–water partition coefficient (Wildman–Crippen LogP) is 2.01. The van der Waals surface area contributed by atoms with E-state index in [0.717, 1.165) is 16.6 Å². The van der Waals surface area contributed by atoms with E-state index in [-0.39, 0.29) is 11.5 Å². The van der Waals surface area contributed by atoms with Gasteiger partial charge in [-0.2, -0.15) is 0 Å². The molecule has 0 saturated carbocycles. The van der Waals surface area contributed by atoms with E-state index >= 15 is 0 Å². The molecule has 0 aliphatic rings. The van der Waals surface area contributed by atoms with Crippen molar-refractivity contribution >= 4 is 11.8 Å². The van der Waals surface area contributed by atoms with E-state index in [0.29, 0.717) is 0 Å².